The fourth-order valence-electron chi connectivity index (χ4n) is 4.27. The van der Waals surface area contributed by atoms with Crippen molar-refractivity contribution in [1.82, 2.24) is 4.90 Å². The smallest absolute Gasteiger partial charge is 0.264 e. The highest BCUT2D eigenvalue weighted by Crippen LogP contribution is 2.35. The molecular weight excluding hydrogens is 377 g/mol. The van der Waals surface area contributed by atoms with Gasteiger partial charge in [-0.15, -0.1) is 0 Å². The Labute approximate surface area is 166 Å². The first-order valence-electron chi connectivity index (χ1n) is 9.87. The maximum atomic E-state index is 13.9. The van der Waals surface area contributed by atoms with E-state index in [4.69, 9.17) is 0 Å². The molecule has 0 amide bonds. The molecule has 2 aromatic carbocycles. The van der Waals surface area contributed by atoms with Gasteiger partial charge in [-0.05, 0) is 55.6 Å². The van der Waals surface area contributed by atoms with E-state index in [0.717, 1.165) is 57.2 Å². The summed E-state index contributed by atoms with van der Waals surface area (Å²) in [5.74, 6) is -0.750. The van der Waals surface area contributed by atoms with Crippen molar-refractivity contribution in [3.63, 3.8) is 0 Å². The summed E-state index contributed by atoms with van der Waals surface area (Å²) in [6, 6.07) is 11.6. The van der Waals surface area contributed by atoms with Gasteiger partial charge in [-0.25, -0.2) is 12.8 Å². The molecule has 2 aromatic rings. The third kappa shape index (κ3) is 3.73. The number of piperidine rings is 1. The van der Waals surface area contributed by atoms with E-state index in [0.29, 0.717) is 11.7 Å². The fraction of sp³-hybridized carbons (Fsp3) is 0.429. The molecule has 0 atom stereocenters. The molecular formula is C21H26FN3O2S. The monoisotopic (exact) mass is 403 g/mol. The van der Waals surface area contributed by atoms with E-state index in [-0.39, 0.29) is 4.90 Å². The van der Waals surface area contributed by atoms with Gasteiger partial charge >= 0.3 is 0 Å². The van der Waals surface area contributed by atoms with Crippen molar-refractivity contribution < 1.29 is 12.8 Å². The highest BCUT2D eigenvalue weighted by Gasteiger charge is 2.29. The van der Waals surface area contributed by atoms with Crippen molar-refractivity contribution in [2.24, 2.45) is 0 Å². The van der Waals surface area contributed by atoms with Crippen molar-refractivity contribution in [2.45, 2.75) is 37.1 Å². The lowest BCUT2D eigenvalue weighted by Gasteiger charge is -2.37. The Morgan fingerprint density at radius 2 is 1.86 bits per heavy atom. The minimum absolute atomic E-state index is 0.334. The van der Waals surface area contributed by atoms with Crippen LogP contribution >= 0.6 is 0 Å². The van der Waals surface area contributed by atoms with Crippen LogP contribution < -0.4 is 9.62 Å². The van der Waals surface area contributed by atoms with Crippen LogP contribution in [0.1, 0.15) is 25.3 Å². The number of hydrogen-bond donors (Lipinski definition) is 1. The van der Waals surface area contributed by atoms with Crippen LogP contribution in [0.3, 0.4) is 0 Å². The van der Waals surface area contributed by atoms with E-state index in [1.54, 1.807) is 6.07 Å². The average Bonchev–Trinajstić information content (AvgIpc) is 3.11. The van der Waals surface area contributed by atoms with Crippen LogP contribution in [-0.4, -0.2) is 45.5 Å². The first kappa shape index (κ1) is 19.2. The maximum Gasteiger partial charge on any atom is 0.264 e. The summed E-state index contributed by atoms with van der Waals surface area (Å²) in [4.78, 5) is 4.55. The van der Waals surface area contributed by atoms with E-state index >= 15 is 0 Å². The van der Waals surface area contributed by atoms with Gasteiger partial charge in [-0.1, -0.05) is 25.1 Å². The Kier molecular flexibility index (Phi) is 5.29. The van der Waals surface area contributed by atoms with Gasteiger partial charge in [0.15, 0.2) is 0 Å². The van der Waals surface area contributed by atoms with Gasteiger partial charge in [0.05, 0.1) is 5.69 Å². The molecule has 2 heterocycles. The number of rotatable bonds is 5. The molecule has 0 bridgehead atoms. The quantitative estimate of drug-likeness (QED) is 0.831. The molecule has 0 aromatic heterocycles. The second-order valence-corrected chi connectivity index (χ2v) is 9.14. The molecule has 1 saturated heterocycles. The van der Waals surface area contributed by atoms with Crippen molar-refractivity contribution in [3.8, 4) is 0 Å². The number of likely N-dealkylation sites (tertiary alicyclic amines) is 1. The molecule has 1 N–H and O–H groups in total. The van der Waals surface area contributed by atoms with Crippen molar-refractivity contribution in [3.05, 3.63) is 53.8 Å². The molecule has 1 fully saturated rings. The molecule has 0 unspecified atom stereocenters. The predicted octanol–water partition coefficient (Wildman–Crippen LogP) is 3.47. The van der Waals surface area contributed by atoms with Crippen LogP contribution in [0.5, 0.6) is 0 Å². The normalized spacial score (nSPS) is 18.3. The number of nitrogens with one attached hydrogen (secondary N) is 1. The number of anilines is 2. The van der Waals surface area contributed by atoms with Gasteiger partial charge in [0.1, 0.15) is 10.7 Å². The summed E-state index contributed by atoms with van der Waals surface area (Å²) in [6.45, 7) is 6.46. The lowest BCUT2D eigenvalue weighted by atomic mass is 10.0. The Morgan fingerprint density at radius 3 is 2.57 bits per heavy atom. The van der Waals surface area contributed by atoms with E-state index in [1.807, 2.05) is 12.1 Å². The predicted molar refractivity (Wildman–Crippen MR) is 110 cm³/mol. The zero-order valence-electron chi connectivity index (χ0n) is 16.1. The number of halogens is 1. The molecule has 2 aliphatic rings. The number of nitrogens with zero attached hydrogens (tertiary/aromatic N) is 2. The fourth-order valence-corrected chi connectivity index (χ4v) is 5.40. The summed E-state index contributed by atoms with van der Waals surface area (Å²) in [5, 5.41) is 0. The first-order valence-corrected chi connectivity index (χ1v) is 11.4. The minimum Gasteiger partial charge on any atom is -0.368 e. The SMILES string of the molecule is CCN1CCC(N2CCc3ccc(NS(=O)(=O)c4ccccc4F)cc32)CC1. The van der Waals surface area contributed by atoms with Crippen LogP contribution in [0, 0.1) is 5.82 Å². The number of benzene rings is 2. The Balaban J connectivity index is 1.55. The van der Waals surface area contributed by atoms with Crippen LogP contribution in [0.2, 0.25) is 0 Å². The summed E-state index contributed by atoms with van der Waals surface area (Å²) in [6.07, 6.45) is 3.22. The molecule has 150 valence electrons. The summed E-state index contributed by atoms with van der Waals surface area (Å²) in [7, 11) is -3.96. The molecule has 4 rings (SSSR count). The zero-order chi connectivity index (χ0) is 19.7. The van der Waals surface area contributed by atoms with Crippen LogP contribution in [0.25, 0.3) is 0 Å². The largest absolute Gasteiger partial charge is 0.368 e. The molecule has 28 heavy (non-hydrogen) atoms. The molecule has 0 saturated carbocycles. The Hall–Kier alpha value is -2.12. The van der Waals surface area contributed by atoms with Gasteiger partial charge in [0.2, 0.25) is 0 Å². The molecule has 0 aliphatic carbocycles. The van der Waals surface area contributed by atoms with Gasteiger partial charge in [0, 0.05) is 31.4 Å². The maximum absolute atomic E-state index is 13.9. The van der Waals surface area contributed by atoms with Crippen LogP contribution in [0.4, 0.5) is 15.8 Å². The van der Waals surface area contributed by atoms with E-state index in [1.165, 1.54) is 23.8 Å². The lowest BCUT2D eigenvalue weighted by Crippen LogP contribution is -2.44. The Morgan fingerprint density at radius 1 is 1.11 bits per heavy atom. The number of hydrogen-bond acceptors (Lipinski definition) is 4. The van der Waals surface area contributed by atoms with Gasteiger partial charge in [-0.2, -0.15) is 0 Å². The van der Waals surface area contributed by atoms with Gasteiger partial charge < -0.3 is 9.80 Å². The molecule has 0 radical (unpaired) electrons. The molecule has 5 nitrogen and oxygen atoms in total. The highest BCUT2D eigenvalue weighted by atomic mass is 32.2. The Bertz CT molecular complexity index is 956. The lowest BCUT2D eigenvalue weighted by molar-refractivity contribution is 0.219. The number of fused-ring (bicyclic) bond motifs is 1. The summed E-state index contributed by atoms with van der Waals surface area (Å²) < 4.78 is 41.7. The second-order valence-electron chi connectivity index (χ2n) is 7.49. The van der Waals surface area contributed by atoms with Crippen molar-refractivity contribution >= 4 is 21.4 Å². The van der Waals surface area contributed by atoms with E-state index < -0.39 is 15.8 Å². The molecule has 0 spiro atoms. The van der Waals surface area contributed by atoms with Gasteiger partial charge in [-0.3, -0.25) is 4.72 Å². The minimum atomic E-state index is -3.96. The van der Waals surface area contributed by atoms with E-state index in [9.17, 15) is 12.8 Å². The van der Waals surface area contributed by atoms with Crippen LogP contribution in [0.15, 0.2) is 47.4 Å². The van der Waals surface area contributed by atoms with E-state index in [2.05, 4.69) is 21.4 Å². The van der Waals surface area contributed by atoms with Crippen molar-refractivity contribution in [1.29, 1.82) is 0 Å². The third-order valence-corrected chi connectivity index (χ3v) is 7.25. The zero-order valence-corrected chi connectivity index (χ0v) is 16.9. The standard InChI is InChI=1S/C21H26FN3O2S/c1-2-24-12-10-18(11-13-24)25-14-9-16-7-8-17(15-20(16)25)23-28(26,27)21-6-4-3-5-19(21)22/h3-8,15,18,23H,2,9-14H2,1H3. The average molecular weight is 404 g/mol. The third-order valence-electron chi connectivity index (χ3n) is 5.84. The molecule has 2 aliphatic heterocycles. The van der Waals surface area contributed by atoms with Crippen molar-refractivity contribution in [2.75, 3.05) is 35.8 Å². The van der Waals surface area contributed by atoms with Crippen LogP contribution in [-0.2, 0) is 16.4 Å². The number of sulfonamides is 1. The second kappa shape index (κ2) is 7.72. The summed E-state index contributed by atoms with van der Waals surface area (Å²) in [5.41, 5.74) is 2.82. The van der Waals surface area contributed by atoms with Gasteiger partial charge in [0.25, 0.3) is 10.0 Å². The topological polar surface area (TPSA) is 52.6 Å². The molecule has 7 heteroatoms. The highest BCUT2D eigenvalue weighted by molar-refractivity contribution is 7.92. The first-order chi connectivity index (χ1) is 13.5. The summed E-state index contributed by atoms with van der Waals surface area (Å²) >= 11 is 0.